The summed E-state index contributed by atoms with van der Waals surface area (Å²) < 4.78 is 28.5. The highest BCUT2D eigenvalue weighted by Crippen LogP contribution is 2.22. The van der Waals surface area contributed by atoms with Gasteiger partial charge in [0.15, 0.2) is 9.84 Å². The van der Waals surface area contributed by atoms with Gasteiger partial charge in [-0.1, -0.05) is 13.8 Å². The zero-order valence-electron chi connectivity index (χ0n) is 11.1. The summed E-state index contributed by atoms with van der Waals surface area (Å²) in [5.74, 6) is 0.989. The number of ether oxygens (including phenoxy) is 1. The van der Waals surface area contributed by atoms with E-state index >= 15 is 0 Å². The molecule has 1 aliphatic rings. The van der Waals surface area contributed by atoms with Gasteiger partial charge >= 0.3 is 0 Å². The second kappa shape index (κ2) is 6.71. The Morgan fingerprint density at radius 3 is 2.71 bits per heavy atom. The molecule has 1 N–H and O–H groups in total. The molecule has 0 radical (unpaired) electrons. The Balaban J connectivity index is 2.30. The van der Waals surface area contributed by atoms with Crippen molar-refractivity contribution < 1.29 is 13.2 Å². The van der Waals surface area contributed by atoms with Crippen LogP contribution in [0, 0.1) is 5.92 Å². The molecule has 5 heteroatoms. The summed E-state index contributed by atoms with van der Waals surface area (Å²) in [6.07, 6.45) is 2.46. The van der Waals surface area contributed by atoms with Gasteiger partial charge in [-0.2, -0.15) is 0 Å². The third kappa shape index (κ3) is 4.94. The van der Waals surface area contributed by atoms with E-state index in [-0.39, 0.29) is 17.5 Å². The lowest BCUT2D eigenvalue weighted by Crippen LogP contribution is -2.38. The van der Waals surface area contributed by atoms with E-state index < -0.39 is 9.84 Å². The molecule has 3 atom stereocenters. The van der Waals surface area contributed by atoms with E-state index in [0.717, 1.165) is 26.0 Å². The van der Waals surface area contributed by atoms with E-state index in [2.05, 4.69) is 12.2 Å². The van der Waals surface area contributed by atoms with Crippen molar-refractivity contribution >= 4 is 9.84 Å². The van der Waals surface area contributed by atoms with Crippen LogP contribution in [0.4, 0.5) is 0 Å². The normalized spacial score (nSPS) is 27.2. The third-order valence-electron chi connectivity index (χ3n) is 3.42. The van der Waals surface area contributed by atoms with Crippen LogP contribution in [0.1, 0.15) is 33.6 Å². The van der Waals surface area contributed by atoms with Crippen LogP contribution < -0.4 is 5.32 Å². The van der Waals surface area contributed by atoms with Crippen LogP contribution in [0.2, 0.25) is 0 Å². The molecule has 0 saturated carbocycles. The van der Waals surface area contributed by atoms with Gasteiger partial charge in [-0.25, -0.2) is 8.42 Å². The van der Waals surface area contributed by atoms with Gasteiger partial charge in [0.05, 0.1) is 11.9 Å². The quantitative estimate of drug-likeness (QED) is 0.750. The maximum absolute atomic E-state index is 11.5. The predicted octanol–water partition coefficient (Wildman–Crippen LogP) is 1.21. The van der Waals surface area contributed by atoms with Crippen molar-refractivity contribution in [1.82, 2.24) is 5.32 Å². The standard InChI is InChI=1S/C12H25NO3S/c1-4-12-11(6-7-16-12)8-13-10(3)9-17(14,15)5-2/h10-13H,4-9H2,1-3H3. The second-order valence-electron chi connectivity index (χ2n) is 4.87. The Kier molecular flexibility index (Phi) is 5.89. The van der Waals surface area contributed by atoms with Gasteiger partial charge in [-0.3, -0.25) is 0 Å². The summed E-state index contributed by atoms with van der Waals surface area (Å²) in [6.45, 7) is 7.46. The van der Waals surface area contributed by atoms with Crippen molar-refractivity contribution in [1.29, 1.82) is 0 Å². The fraction of sp³-hybridized carbons (Fsp3) is 1.00. The smallest absolute Gasteiger partial charge is 0.151 e. The molecule has 3 unspecified atom stereocenters. The lowest BCUT2D eigenvalue weighted by atomic mass is 9.99. The Bertz CT molecular complexity index is 316. The summed E-state index contributed by atoms with van der Waals surface area (Å²) >= 11 is 0. The fourth-order valence-corrected chi connectivity index (χ4v) is 3.40. The molecule has 1 heterocycles. The first-order valence-corrected chi connectivity index (χ1v) is 8.36. The minimum atomic E-state index is -2.88. The number of hydrogen-bond acceptors (Lipinski definition) is 4. The Morgan fingerprint density at radius 1 is 1.41 bits per heavy atom. The van der Waals surface area contributed by atoms with Crippen molar-refractivity contribution in [3.8, 4) is 0 Å². The molecule has 1 saturated heterocycles. The Hall–Kier alpha value is -0.130. The lowest BCUT2D eigenvalue weighted by Gasteiger charge is -2.20. The molecular formula is C12H25NO3S. The third-order valence-corrected chi connectivity index (χ3v) is 5.31. The van der Waals surface area contributed by atoms with E-state index in [4.69, 9.17) is 4.74 Å². The molecule has 0 spiro atoms. The van der Waals surface area contributed by atoms with E-state index in [1.165, 1.54) is 0 Å². The molecular weight excluding hydrogens is 238 g/mol. The maximum Gasteiger partial charge on any atom is 0.151 e. The monoisotopic (exact) mass is 263 g/mol. The largest absolute Gasteiger partial charge is 0.378 e. The van der Waals surface area contributed by atoms with Crippen LogP contribution in [0.15, 0.2) is 0 Å². The molecule has 0 aliphatic carbocycles. The van der Waals surface area contributed by atoms with Crippen LogP contribution in [0.5, 0.6) is 0 Å². The molecule has 1 rings (SSSR count). The van der Waals surface area contributed by atoms with E-state index in [1.807, 2.05) is 6.92 Å². The SMILES string of the molecule is CCC1OCCC1CNC(C)CS(=O)(=O)CC. The van der Waals surface area contributed by atoms with Crippen molar-refractivity contribution in [2.75, 3.05) is 24.7 Å². The summed E-state index contributed by atoms with van der Waals surface area (Å²) in [7, 11) is -2.88. The molecule has 4 nitrogen and oxygen atoms in total. The zero-order chi connectivity index (χ0) is 12.9. The summed E-state index contributed by atoms with van der Waals surface area (Å²) in [6, 6.07) is 0.0260. The summed E-state index contributed by atoms with van der Waals surface area (Å²) in [5.41, 5.74) is 0. The minimum Gasteiger partial charge on any atom is -0.378 e. The Morgan fingerprint density at radius 2 is 2.12 bits per heavy atom. The number of nitrogens with one attached hydrogen (secondary N) is 1. The van der Waals surface area contributed by atoms with Crippen LogP contribution >= 0.6 is 0 Å². The lowest BCUT2D eigenvalue weighted by molar-refractivity contribution is 0.0869. The second-order valence-corrected chi connectivity index (χ2v) is 7.27. The first kappa shape index (κ1) is 14.9. The highest BCUT2D eigenvalue weighted by Gasteiger charge is 2.26. The molecule has 102 valence electrons. The van der Waals surface area contributed by atoms with E-state index in [1.54, 1.807) is 6.92 Å². The summed E-state index contributed by atoms with van der Waals surface area (Å²) in [5, 5.41) is 3.32. The van der Waals surface area contributed by atoms with Gasteiger partial charge in [0.1, 0.15) is 0 Å². The van der Waals surface area contributed by atoms with Crippen LogP contribution in [-0.2, 0) is 14.6 Å². The van der Waals surface area contributed by atoms with Crippen LogP contribution in [0.3, 0.4) is 0 Å². The van der Waals surface area contributed by atoms with Gasteiger partial charge < -0.3 is 10.1 Å². The number of rotatable bonds is 7. The van der Waals surface area contributed by atoms with Crippen LogP contribution in [-0.4, -0.2) is 45.2 Å². The molecule has 0 amide bonds. The maximum atomic E-state index is 11.5. The first-order valence-electron chi connectivity index (χ1n) is 6.54. The van der Waals surface area contributed by atoms with Gasteiger partial charge in [0.2, 0.25) is 0 Å². The molecule has 0 aromatic rings. The van der Waals surface area contributed by atoms with Gasteiger partial charge in [0, 0.05) is 24.9 Å². The van der Waals surface area contributed by atoms with Crippen molar-refractivity contribution in [2.45, 2.75) is 45.8 Å². The Labute approximate surface area is 105 Å². The molecule has 1 aliphatic heterocycles. The topological polar surface area (TPSA) is 55.4 Å². The van der Waals surface area contributed by atoms with Gasteiger partial charge in [-0.05, 0) is 25.7 Å². The number of hydrogen-bond donors (Lipinski definition) is 1. The van der Waals surface area contributed by atoms with E-state index in [9.17, 15) is 8.42 Å². The highest BCUT2D eigenvalue weighted by molar-refractivity contribution is 7.91. The van der Waals surface area contributed by atoms with Crippen LogP contribution in [0.25, 0.3) is 0 Å². The zero-order valence-corrected chi connectivity index (χ0v) is 11.9. The minimum absolute atomic E-state index is 0.0260. The molecule has 0 bridgehead atoms. The summed E-state index contributed by atoms with van der Waals surface area (Å²) in [4.78, 5) is 0. The fourth-order valence-electron chi connectivity index (χ4n) is 2.29. The number of sulfone groups is 1. The molecule has 1 fully saturated rings. The predicted molar refractivity (Wildman–Crippen MR) is 69.9 cm³/mol. The van der Waals surface area contributed by atoms with Crippen molar-refractivity contribution in [2.24, 2.45) is 5.92 Å². The average Bonchev–Trinajstić information content (AvgIpc) is 2.73. The van der Waals surface area contributed by atoms with Gasteiger partial charge in [-0.15, -0.1) is 0 Å². The van der Waals surface area contributed by atoms with E-state index in [0.29, 0.717) is 12.0 Å². The molecule has 0 aromatic heterocycles. The van der Waals surface area contributed by atoms with Crippen molar-refractivity contribution in [3.63, 3.8) is 0 Å². The highest BCUT2D eigenvalue weighted by atomic mass is 32.2. The van der Waals surface area contributed by atoms with Crippen molar-refractivity contribution in [3.05, 3.63) is 0 Å². The first-order chi connectivity index (χ1) is 7.98. The molecule has 0 aromatic carbocycles. The van der Waals surface area contributed by atoms with Gasteiger partial charge in [0.25, 0.3) is 0 Å². The average molecular weight is 263 g/mol. The molecule has 17 heavy (non-hydrogen) atoms.